The molecule has 76 valence electrons. The maximum atomic E-state index is 10.8. The van der Waals surface area contributed by atoms with Crippen molar-refractivity contribution in [1.29, 1.82) is 0 Å². The Morgan fingerprint density at radius 3 is 2.46 bits per heavy atom. The fourth-order valence-electron chi connectivity index (χ4n) is 0.529. The lowest BCUT2D eigenvalue weighted by molar-refractivity contribution is -0.192. The van der Waals surface area contributed by atoms with Crippen molar-refractivity contribution in [1.82, 2.24) is 0 Å². The maximum Gasteiger partial charge on any atom is 0.542 e. The lowest BCUT2D eigenvalue weighted by Crippen LogP contribution is -2.39. The fraction of sp³-hybridized carbons (Fsp3) is 0.833. The molecule has 0 saturated carbocycles. The van der Waals surface area contributed by atoms with E-state index in [0.717, 1.165) is 0 Å². The maximum absolute atomic E-state index is 10.8. The highest BCUT2D eigenvalue weighted by Gasteiger charge is 2.37. The van der Waals surface area contributed by atoms with Gasteiger partial charge in [0.1, 0.15) is 0 Å². The van der Waals surface area contributed by atoms with Gasteiger partial charge in [-0.3, -0.25) is 0 Å². The summed E-state index contributed by atoms with van der Waals surface area (Å²) >= 11 is 0. The first kappa shape index (κ1) is 12.4. The zero-order valence-electron chi connectivity index (χ0n) is 7.26. The Morgan fingerprint density at radius 2 is 2.15 bits per heavy atom. The molecule has 0 heterocycles. The Balaban J connectivity index is 4.33. The van der Waals surface area contributed by atoms with Crippen molar-refractivity contribution in [3.05, 3.63) is 0 Å². The standard InChI is InChI=1S/C6H11O6P/c1-6(2,3-7)4(8)5(9)12-13(10)11/h4,7-8H,3H2,1-2H3/t4-/m0/s1. The molecule has 0 fully saturated rings. The molecule has 0 aliphatic carbocycles. The van der Waals surface area contributed by atoms with E-state index >= 15 is 0 Å². The zero-order chi connectivity index (χ0) is 10.6. The van der Waals surface area contributed by atoms with Crippen LogP contribution in [0.15, 0.2) is 0 Å². The van der Waals surface area contributed by atoms with Crippen LogP contribution in [0.3, 0.4) is 0 Å². The summed E-state index contributed by atoms with van der Waals surface area (Å²) < 4.78 is 13.7. The minimum atomic E-state index is -3.32. The van der Waals surface area contributed by atoms with Gasteiger partial charge in [-0.15, -0.1) is 0 Å². The van der Waals surface area contributed by atoms with Crippen LogP contribution in [0.25, 0.3) is 0 Å². The molecule has 1 unspecified atom stereocenters. The Kier molecular flexibility index (Phi) is 4.43. The largest absolute Gasteiger partial charge is 0.558 e. The molecule has 2 atom stereocenters. The van der Waals surface area contributed by atoms with Gasteiger partial charge in [-0.25, -0.2) is 9.32 Å². The van der Waals surface area contributed by atoms with Gasteiger partial charge in [-0.2, -0.15) is 0 Å². The van der Waals surface area contributed by atoms with E-state index < -0.39 is 32.4 Å². The molecule has 0 saturated heterocycles. The average Bonchev–Trinajstić information content (AvgIpc) is 2.01. The second-order valence-electron chi connectivity index (χ2n) is 3.18. The first-order valence-electron chi connectivity index (χ1n) is 3.46. The van der Waals surface area contributed by atoms with E-state index in [1.807, 2.05) is 0 Å². The molecule has 0 aliphatic rings. The Hall–Kier alpha value is -0.550. The van der Waals surface area contributed by atoms with Crippen LogP contribution in [-0.2, 0) is 13.9 Å². The molecule has 0 aromatic carbocycles. The van der Waals surface area contributed by atoms with Gasteiger partial charge in [-0.05, 0) is 4.57 Å². The molecule has 0 rings (SSSR count). The summed E-state index contributed by atoms with van der Waals surface area (Å²) in [4.78, 5) is 20.7. The molecule has 0 amide bonds. The fourth-order valence-corrected chi connectivity index (χ4v) is 0.776. The van der Waals surface area contributed by atoms with Crippen molar-refractivity contribution in [2.75, 3.05) is 6.61 Å². The van der Waals surface area contributed by atoms with Crippen LogP contribution in [0.4, 0.5) is 0 Å². The second kappa shape index (κ2) is 4.62. The van der Waals surface area contributed by atoms with Crippen molar-refractivity contribution < 1.29 is 29.0 Å². The van der Waals surface area contributed by atoms with Gasteiger partial charge < -0.3 is 15.1 Å². The van der Waals surface area contributed by atoms with Gasteiger partial charge in [0.05, 0.1) is 6.61 Å². The topological polar surface area (TPSA) is 107 Å². The molecular weight excluding hydrogens is 199 g/mol. The molecule has 7 heteroatoms. The van der Waals surface area contributed by atoms with Crippen LogP contribution in [0.5, 0.6) is 0 Å². The predicted octanol–water partition coefficient (Wildman–Crippen LogP) is -1.07. The molecule has 0 radical (unpaired) electrons. The Labute approximate surface area is 76.1 Å². The van der Waals surface area contributed by atoms with Crippen LogP contribution >= 0.6 is 8.25 Å². The molecule has 6 nitrogen and oxygen atoms in total. The summed E-state index contributed by atoms with van der Waals surface area (Å²) in [5.41, 5.74) is -1.12. The zero-order valence-corrected chi connectivity index (χ0v) is 8.15. The first-order chi connectivity index (χ1) is 5.81. The lowest BCUT2D eigenvalue weighted by atomic mass is 9.88. The molecule has 0 spiro atoms. The lowest BCUT2D eigenvalue weighted by Gasteiger charge is -2.24. The summed E-state index contributed by atoms with van der Waals surface area (Å²) in [7, 11) is -3.32. The van der Waals surface area contributed by atoms with E-state index in [0.29, 0.717) is 0 Å². The second-order valence-corrected chi connectivity index (χ2v) is 3.81. The third-order valence-corrected chi connectivity index (χ3v) is 1.86. The Morgan fingerprint density at radius 1 is 1.69 bits per heavy atom. The number of rotatable bonds is 4. The van der Waals surface area contributed by atoms with E-state index in [-0.39, 0.29) is 0 Å². The van der Waals surface area contributed by atoms with Crippen LogP contribution in [0.2, 0.25) is 0 Å². The summed E-state index contributed by atoms with van der Waals surface area (Å²) in [5.74, 6) is -1.28. The highest BCUT2D eigenvalue weighted by molar-refractivity contribution is 7.31. The van der Waals surface area contributed by atoms with E-state index in [9.17, 15) is 19.4 Å². The van der Waals surface area contributed by atoms with Crippen LogP contribution in [0, 0.1) is 5.41 Å². The van der Waals surface area contributed by atoms with Gasteiger partial charge in [0, 0.05) is 5.41 Å². The minimum absolute atomic E-state index is 0.459. The highest BCUT2D eigenvalue weighted by Crippen LogP contribution is 2.23. The normalized spacial score (nSPS) is 15.0. The third kappa shape index (κ3) is 3.78. The van der Waals surface area contributed by atoms with Gasteiger partial charge in [0.15, 0.2) is 6.10 Å². The molecule has 2 N–H and O–H groups in total. The Bertz CT molecular complexity index is 213. The quantitative estimate of drug-likeness (QED) is 0.572. The molecule has 13 heavy (non-hydrogen) atoms. The molecular formula is C6H11O6P. The summed E-state index contributed by atoms with van der Waals surface area (Å²) in [6.07, 6.45) is -1.66. The van der Waals surface area contributed by atoms with Crippen molar-refractivity contribution >= 4 is 14.2 Å². The molecule has 0 bridgehead atoms. The van der Waals surface area contributed by atoms with E-state index in [1.54, 1.807) is 0 Å². The van der Waals surface area contributed by atoms with Crippen LogP contribution in [0.1, 0.15) is 13.8 Å². The van der Waals surface area contributed by atoms with Crippen molar-refractivity contribution in [2.45, 2.75) is 20.0 Å². The van der Waals surface area contributed by atoms with Gasteiger partial charge in [0.25, 0.3) is 0 Å². The monoisotopic (exact) mass is 210 g/mol. The van der Waals surface area contributed by atoms with Crippen molar-refractivity contribution in [2.24, 2.45) is 5.41 Å². The van der Waals surface area contributed by atoms with Gasteiger partial charge >= 0.3 is 14.2 Å². The van der Waals surface area contributed by atoms with Crippen molar-refractivity contribution in [3.8, 4) is 0 Å². The minimum Gasteiger partial charge on any atom is -0.558 e. The van der Waals surface area contributed by atoms with E-state index in [4.69, 9.17) is 5.11 Å². The third-order valence-electron chi connectivity index (χ3n) is 1.54. The summed E-state index contributed by atoms with van der Waals surface area (Å²) in [6.45, 7) is 2.34. The smallest absolute Gasteiger partial charge is 0.542 e. The molecule has 0 aromatic heterocycles. The van der Waals surface area contributed by atoms with Gasteiger partial charge in [0.2, 0.25) is 0 Å². The predicted molar refractivity (Wildman–Crippen MR) is 40.6 cm³/mol. The van der Waals surface area contributed by atoms with Crippen LogP contribution in [-0.4, -0.2) is 28.9 Å². The number of carbonyl (C=O) groups is 1. The number of hydrogen-bond acceptors (Lipinski definition) is 6. The van der Waals surface area contributed by atoms with Gasteiger partial charge in [-0.1, -0.05) is 13.8 Å². The number of aliphatic hydroxyl groups is 2. The highest BCUT2D eigenvalue weighted by atomic mass is 31.1. The number of aliphatic hydroxyl groups excluding tert-OH is 2. The summed E-state index contributed by atoms with van der Waals surface area (Å²) in [6, 6.07) is 0. The molecule has 0 aromatic rings. The SMILES string of the molecule is CC(C)(CO)[C@@H](O)C(=O)O[P+](=O)[O-]. The van der Waals surface area contributed by atoms with E-state index in [1.165, 1.54) is 13.8 Å². The average molecular weight is 210 g/mol. The van der Waals surface area contributed by atoms with E-state index in [2.05, 4.69) is 4.52 Å². The number of carbonyl (C=O) groups excluding carboxylic acids is 1. The molecule has 0 aliphatic heterocycles. The first-order valence-corrected chi connectivity index (χ1v) is 4.56. The van der Waals surface area contributed by atoms with Crippen molar-refractivity contribution in [3.63, 3.8) is 0 Å². The van der Waals surface area contributed by atoms with Crippen LogP contribution < -0.4 is 4.89 Å². The summed E-state index contributed by atoms with van der Waals surface area (Å²) in [5, 5.41) is 17.9. The number of hydrogen-bond donors (Lipinski definition) is 2.